The maximum absolute atomic E-state index is 12.6. The Hall–Kier alpha value is -1.44. The smallest absolute Gasteiger partial charge is 0.278 e. The van der Waals surface area contributed by atoms with Crippen LogP contribution in [0.3, 0.4) is 0 Å². The van der Waals surface area contributed by atoms with Gasteiger partial charge in [-0.15, -0.1) is 0 Å². The summed E-state index contributed by atoms with van der Waals surface area (Å²) in [6.45, 7) is 8.54. The topological polar surface area (TPSA) is 83.1 Å². The summed E-state index contributed by atoms with van der Waals surface area (Å²) in [6.07, 6.45) is 4.55. The highest BCUT2D eigenvalue weighted by Crippen LogP contribution is 2.19. The third-order valence-corrected chi connectivity index (χ3v) is 7.51. The minimum Gasteiger partial charge on any atom is -0.348 e. The first kappa shape index (κ1) is 21.9. The fraction of sp³-hybridized carbons (Fsp3) is 0.650. The highest BCUT2D eigenvalue weighted by molar-refractivity contribution is 7.89. The zero-order chi connectivity index (χ0) is 20.0. The van der Waals surface area contributed by atoms with Crippen molar-refractivity contribution >= 4 is 15.9 Å². The number of hydrogen-bond acceptors (Lipinski definition) is 3. The van der Waals surface area contributed by atoms with Gasteiger partial charge >= 0.3 is 0 Å². The SMILES string of the molecule is CCN(CC)S(=O)(=O)c1ccc([C@@H](C)[NH2+][C@@H](C)C(=O)NC2CCCC2)cc1. The molecule has 1 aromatic rings. The predicted octanol–water partition coefficient (Wildman–Crippen LogP) is 1.79. The van der Waals surface area contributed by atoms with Crippen LogP contribution in [0.4, 0.5) is 0 Å². The average Bonchev–Trinajstić information content (AvgIpc) is 3.15. The van der Waals surface area contributed by atoms with Crippen molar-refractivity contribution in [2.45, 2.75) is 76.4 Å². The lowest BCUT2D eigenvalue weighted by molar-refractivity contribution is -0.710. The second-order valence-corrected chi connectivity index (χ2v) is 9.36. The van der Waals surface area contributed by atoms with Gasteiger partial charge in [0.2, 0.25) is 10.0 Å². The highest BCUT2D eigenvalue weighted by atomic mass is 32.2. The van der Waals surface area contributed by atoms with E-state index in [1.165, 1.54) is 17.1 Å². The van der Waals surface area contributed by atoms with Crippen LogP contribution < -0.4 is 10.6 Å². The first-order chi connectivity index (χ1) is 12.8. The molecule has 1 aliphatic carbocycles. The number of nitrogens with one attached hydrogen (secondary N) is 1. The second-order valence-electron chi connectivity index (χ2n) is 7.42. The molecule has 0 saturated heterocycles. The van der Waals surface area contributed by atoms with E-state index in [2.05, 4.69) is 5.32 Å². The molecule has 2 rings (SSSR count). The summed E-state index contributed by atoms with van der Waals surface area (Å²) in [4.78, 5) is 12.7. The molecule has 2 atom stereocenters. The third-order valence-electron chi connectivity index (χ3n) is 5.44. The minimum atomic E-state index is -3.43. The molecule has 1 saturated carbocycles. The number of nitrogens with two attached hydrogens (primary N) is 1. The molecule has 0 spiro atoms. The lowest BCUT2D eigenvalue weighted by Gasteiger charge is -2.20. The first-order valence-corrected chi connectivity index (χ1v) is 11.5. The van der Waals surface area contributed by atoms with Crippen molar-refractivity contribution in [1.82, 2.24) is 9.62 Å². The van der Waals surface area contributed by atoms with Crippen molar-refractivity contribution < 1.29 is 18.5 Å². The Morgan fingerprint density at radius 3 is 2.22 bits per heavy atom. The van der Waals surface area contributed by atoms with Crippen LogP contribution in [0.15, 0.2) is 29.2 Å². The fourth-order valence-corrected chi connectivity index (χ4v) is 5.15. The number of hydrogen-bond donors (Lipinski definition) is 2. The van der Waals surface area contributed by atoms with Gasteiger partial charge in [0, 0.05) is 24.7 Å². The predicted molar refractivity (Wildman–Crippen MR) is 107 cm³/mol. The molecule has 0 unspecified atom stereocenters. The van der Waals surface area contributed by atoms with Gasteiger partial charge in [0.1, 0.15) is 6.04 Å². The Kier molecular flexibility index (Phi) is 7.82. The van der Waals surface area contributed by atoms with Crippen LogP contribution in [-0.2, 0) is 14.8 Å². The second kappa shape index (κ2) is 9.66. The van der Waals surface area contributed by atoms with Gasteiger partial charge in [-0.2, -0.15) is 4.31 Å². The van der Waals surface area contributed by atoms with E-state index in [0.29, 0.717) is 24.0 Å². The van der Waals surface area contributed by atoms with E-state index < -0.39 is 10.0 Å². The minimum absolute atomic E-state index is 0.0690. The third kappa shape index (κ3) is 5.53. The molecule has 3 N–H and O–H groups in total. The van der Waals surface area contributed by atoms with Gasteiger partial charge in [-0.25, -0.2) is 8.42 Å². The van der Waals surface area contributed by atoms with Crippen molar-refractivity contribution in [2.75, 3.05) is 13.1 Å². The van der Waals surface area contributed by atoms with Gasteiger partial charge in [-0.1, -0.05) is 38.8 Å². The van der Waals surface area contributed by atoms with Crippen LogP contribution in [0.2, 0.25) is 0 Å². The molecule has 7 heteroatoms. The van der Waals surface area contributed by atoms with E-state index in [4.69, 9.17) is 0 Å². The number of carbonyl (C=O) groups is 1. The van der Waals surface area contributed by atoms with Gasteiger partial charge in [-0.05, 0) is 38.8 Å². The zero-order valence-electron chi connectivity index (χ0n) is 16.9. The molecule has 0 radical (unpaired) electrons. The highest BCUT2D eigenvalue weighted by Gasteiger charge is 2.25. The van der Waals surface area contributed by atoms with E-state index in [9.17, 15) is 13.2 Å². The normalized spacial score (nSPS) is 17.8. The summed E-state index contributed by atoms with van der Waals surface area (Å²) in [5.74, 6) is 0.0782. The summed E-state index contributed by atoms with van der Waals surface area (Å²) in [6, 6.07) is 7.23. The number of sulfonamides is 1. The van der Waals surface area contributed by atoms with E-state index in [1.807, 2.05) is 45.1 Å². The molecule has 27 heavy (non-hydrogen) atoms. The van der Waals surface area contributed by atoms with Gasteiger partial charge in [0.25, 0.3) is 5.91 Å². The standard InChI is InChI=1S/C20H33N3O3S/c1-5-23(6-2)27(25,26)19-13-11-17(12-14-19)15(3)21-16(4)20(24)22-18-9-7-8-10-18/h11-16,18,21H,5-10H2,1-4H3,(H,22,24)/p+1/t15-,16+/m1/s1. The number of nitrogens with zero attached hydrogens (tertiary/aromatic N) is 1. The molecule has 0 heterocycles. The Bertz CT molecular complexity index is 708. The molecule has 0 aromatic heterocycles. The summed E-state index contributed by atoms with van der Waals surface area (Å²) < 4.78 is 26.6. The van der Waals surface area contributed by atoms with E-state index in [1.54, 1.807) is 12.1 Å². The number of quaternary nitrogens is 1. The molecule has 6 nitrogen and oxygen atoms in total. The van der Waals surface area contributed by atoms with Crippen LogP contribution in [0.1, 0.15) is 65.0 Å². The zero-order valence-corrected chi connectivity index (χ0v) is 17.8. The molecule has 0 aliphatic heterocycles. The fourth-order valence-electron chi connectivity index (χ4n) is 3.69. The van der Waals surface area contributed by atoms with E-state index in [-0.39, 0.29) is 18.0 Å². The van der Waals surface area contributed by atoms with Crippen LogP contribution in [0.5, 0.6) is 0 Å². The van der Waals surface area contributed by atoms with E-state index in [0.717, 1.165) is 18.4 Å². The van der Waals surface area contributed by atoms with Crippen molar-refractivity contribution in [2.24, 2.45) is 0 Å². The molecule has 1 aromatic carbocycles. The van der Waals surface area contributed by atoms with Crippen LogP contribution in [-0.4, -0.2) is 43.8 Å². The van der Waals surface area contributed by atoms with Gasteiger partial charge in [0.15, 0.2) is 6.04 Å². The first-order valence-electron chi connectivity index (χ1n) is 10.0. The Labute approximate surface area is 163 Å². The van der Waals surface area contributed by atoms with Crippen LogP contribution in [0, 0.1) is 0 Å². The maximum Gasteiger partial charge on any atom is 0.278 e. The van der Waals surface area contributed by atoms with Crippen LogP contribution in [0.25, 0.3) is 0 Å². The number of amides is 1. The molecule has 0 bridgehead atoms. The molecule has 152 valence electrons. The molecular weight excluding hydrogens is 362 g/mol. The van der Waals surface area contributed by atoms with Crippen LogP contribution >= 0.6 is 0 Å². The summed E-state index contributed by atoms with van der Waals surface area (Å²) in [7, 11) is -3.43. The monoisotopic (exact) mass is 396 g/mol. The van der Waals surface area contributed by atoms with Gasteiger partial charge in [0.05, 0.1) is 4.90 Å². The Morgan fingerprint density at radius 1 is 1.15 bits per heavy atom. The molecular formula is C20H34N3O3S+. The summed E-state index contributed by atoms with van der Waals surface area (Å²) in [5, 5.41) is 5.16. The summed E-state index contributed by atoms with van der Waals surface area (Å²) >= 11 is 0. The van der Waals surface area contributed by atoms with Gasteiger partial charge < -0.3 is 10.6 Å². The number of carbonyl (C=O) groups excluding carboxylic acids is 1. The molecule has 1 fully saturated rings. The van der Waals surface area contributed by atoms with Crippen molar-refractivity contribution in [3.8, 4) is 0 Å². The maximum atomic E-state index is 12.6. The average molecular weight is 397 g/mol. The Morgan fingerprint density at radius 2 is 1.70 bits per heavy atom. The Balaban J connectivity index is 1.98. The van der Waals surface area contributed by atoms with E-state index >= 15 is 0 Å². The largest absolute Gasteiger partial charge is 0.348 e. The lowest BCUT2D eigenvalue weighted by atomic mass is 10.1. The number of benzene rings is 1. The quantitative estimate of drug-likeness (QED) is 0.667. The van der Waals surface area contributed by atoms with Gasteiger partial charge in [-0.3, -0.25) is 4.79 Å². The molecule has 1 aliphatic rings. The van der Waals surface area contributed by atoms with Crippen molar-refractivity contribution in [1.29, 1.82) is 0 Å². The van der Waals surface area contributed by atoms with Crippen molar-refractivity contribution in [3.63, 3.8) is 0 Å². The number of rotatable bonds is 9. The molecule has 1 amide bonds. The van der Waals surface area contributed by atoms with Crippen molar-refractivity contribution in [3.05, 3.63) is 29.8 Å². The summed E-state index contributed by atoms with van der Waals surface area (Å²) in [5.41, 5.74) is 1.01. The lowest BCUT2D eigenvalue weighted by Crippen LogP contribution is -2.92.